The summed E-state index contributed by atoms with van der Waals surface area (Å²) in [7, 11) is 0. The van der Waals surface area contributed by atoms with Gasteiger partial charge in [-0.1, -0.05) is 61.2 Å². The number of aryl methyl sites for hydroxylation is 2. The summed E-state index contributed by atoms with van der Waals surface area (Å²) in [5, 5.41) is 15.7. The molecule has 0 radical (unpaired) electrons. The molecule has 0 fully saturated rings. The molecule has 0 aliphatic rings. The molecule has 0 spiro atoms. The van der Waals surface area contributed by atoms with Crippen molar-refractivity contribution in [2.75, 3.05) is 5.32 Å². The Morgan fingerprint density at radius 3 is 2.07 bits per heavy atom. The van der Waals surface area contributed by atoms with Crippen molar-refractivity contribution < 1.29 is 24.2 Å². The zero-order chi connectivity index (χ0) is 32.8. The summed E-state index contributed by atoms with van der Waals surface area (Å²) >= 11 is 0. The van der Waals surface area contributed by atoms with Gasteiger partial charge >= 0.3 is 6.09 Å². The van der Waals surface area contributed by atoms with Crippen molar-refractivity contribution in [3.63, 3.8) is 0 Å². The first kappa shape index (κ1) is 33.9. The highest BCUT2D eigenvalue weighted by molar-refractivity contribution is 6.00. The largest absolute Gasteiger partial charge is 0.508 e. The number of phenols is 1. The van der Waals surface area contributed by atoms with Crippen LogP contribution in [0.2, 0.25) is 0 Å². The molecule has 3 N–H and O–H groups in total. The molecule has 2 unspecified atom stereocenters. The van der Waals surface area contributed by atoms with Gasteiger partial charge in [-0.2, -0.15) is 0 Å². The Hall–Kier alpha value is -4.59. The average molecular weight is 600 g/mol. The fraction of sp³-hybridized carbons (Fsp3) is 0.361. The summed E-state index contributed by atoms with van der Waals surface area (Å²) in [5.74, 6) is -0.784. The van der Waals surface area contributed by atoms with Crippen LogP contribution in [0, 0.1) is 13.8 Å². The monoisotopic (exact) mass is 599 g/mol. The second-order valence-electron chi connectivity index (χ2n) is 13.0. The first-order valence-corrected chi connectivity index (χ1v) is 14.7. The predicted octanol–water partition coefficient (Wildman–Crippen LogP) is 7.09. The van der Waals surface area contributed by atoms with E-state index < -0.39 is 41.1 Å². The lowest BCUT2D eigenvalue weighted by atomic mass is 9.93. The fourth-order valence-corrected chi connectivity index (χ4v) is 5.01. The summed E-state index contributed by atoms with van der Waals surface area (Å²) in [6, 6.07) is 17.4. The number of hydrogen-bond acceptors (Lipinski definition) is 5. The minimum atomic E-state index is -1.09. The number of rotatable bonds is 9. The van der Waals surface area contributed by atoms with Gasteiger partial charge in [-0.3, -0.25) is 9.59 Å². The number of amides is 3. The number of benzene rings is 3. The topological polar surface area (TPSA) is 108 Å². The SMILES string of the molecule is C=Cc1cccc(C(C(=O)Nc2c(C)cccc2C)N(C(=O)C(Cc2ccc(O)cc2)NC(=O)OC(C)(C)C)C(C)(C)C)c1. The van der Waals surface area contributed by atoms with Crippen molar-refractivity contribution in [3.8, 4) is 5.75 Å². The molecule has 234 valence electrons. The Kier molecular flexibility index (Phi) is 10.6. The highest BCUT2D eigenvalue weighted by Gasteiger charge is 2.42. The minimum absolute atomic E-state index is 0.0818. The van der Waals surface area contributed by atoms with Gasteiger partial charge in [0.1, 0.15) is 23.4 Å². The van der Waals surface area contributed by atoms with Crippen LogP contribution in [0.3, 0.4) is 0 Å². The van der Waals surface area contributed by atoms with Crippen LogP contribution in [0.5, 0.6) is 5.75 Å². The van der Waals surface area contributed by atoms with Gasteiger partial charge in [0.25, 0.3) is 5.91 Å². The molecule has 0 aromatic heterocycles. The van der Waals surface area contributed by atoms with Gasteiger partial charge in [-0.15, -0.1) is 0 Å². The molecule has 3 aromatic carbocycles. The van der Waals surface area contributed by atoms with E-state index in [2.05, 4.69) is 17.2 Å². The third-order valence-electron chi connectivity index (χ3n) is 7.02. The van der Waals surface area contributed by atoms with Crippen molar-refractivity contribution in [2.24, 2.45) is 0 Å². The molecule has 0 saturated heterocycles. The second-order valence-corrected chi connectivity index (χ2v) is 13.0. The lowest BCUT2D eigenvalue weighted by Crippen LogP contribution is -2.58. The fourth-order valence-electron chi connectivity index (χ4n) is 5.01. The van der Waals surface area contributed by atoms with E-state index in [0.717, 1.165) is 16.7 Å². The molecular formula is C36H45N3O5. The maximum absolute atomic E-state index is 14.7. The molecule has 0 aliphatic heterocycles. The highest BCUT2D eigenvalue weighted by Crippen LogP contribution is 2.33. The molecule has 44 heavy (non-hydrogen) atoms. The predicted molar refractivity (Wildman–Crippen MR) is 175 cm³/mol. The molecule has 2 atom stereocenters. The summed E-state index contributed by atoms with van der Waals surface area (Å²) in [5.41, 5.74) is 2.89. The number of carbonyl (C=O) groups is 3. The Balaban J connectivity index is 2.16. The number of phenolic OH excluding ortho intramolecular Hbond substituents is 1. The molecule has 0 saturated carbocycles. The lowest BCUT2D eigenvalue weighted by Gasteiger charge is -2.43. The molecule has 0 aliphatic carbocycles. The molecule has 3 aromatic rings. The van der Waals surface area contributed by atoms with Gasteiger partial charge in [0.15, 0.2) is 0 Å². The third-order valence-corrected chi connectivity index (χ3v) is 7.02. The van der Waals surface area contributed by atoms with Crippen molar-refractivity contribution >= 4 is 29.7 Å². The summed E-state index contributed by atoms with van der Waals surface area (Å²) in [6.45, 7) is 18.5. The van der Waals surface area contributed by atoms with Gasteiger partial charge in [0, 0.05) is 17.6 Å². The van der Waals surface area contributed by atoms with E-state index in [9.17, 15) is 19.5 Å². The van der Waals surface area contributed by atoms with Gasteiger partial charge in [0.05, 0.1) is 0 Å². The van der Waals surface area contributed by atoms with E-state index in [1.165, 1.54) is 17.0 Å². The number of nitrogens with one attached hydrogen (secondary N) is 2. The summed E-state index contributed by atoms with van der Waals surface area (Å²) < 4.78 is 5.52. The average Bonchev–Trinajstić information content (AvgIpc) is 2.92. The van der Waals surface area contributed by atoms with E-state index in [0.29, 0.717) is 16.8 Å². The normalized spacial score (nSPS) is 12.9. The molecule has 8 nitrogen and oxygen atoms in total. The molecular weight excluding hydrogens is 554 g/mol. The molecule has 8 heteroatoms. The van der Waals surface area contributed by atoms with Crippen LogP contribution in [0.4, 0.5) is 10.5 Å². The zero-order valence-corrected chi connectivity index (χ0v) is 27.0. The van der Waals surface area contributed by atoms with Crippen LogP contribution < -0.4 is 10.6 Å². The first-order valence-electron chi connectivity index (χ1n) is 14.7. The number of alkyl carbamates (subject to hydrolysis) is 1. The maximum Gasteiger partial charge on any atom is 0.408 e. The van der Waals surface area contributed by atoms with Crippen LogP contribution in [-0.4, -0.2) is 45.1 Å². The Morgan fingerprint density at radius 2 is 1.52 bits per heavy atom. The number of hydrogen-bond donors (Lipinski definition) is 3. The Morgan fingerprint density at radius 1 is 0.932 bits per heavy atom. The van der Waals surface area contributed by atoms with Crippen molar-refractivity contribution in [1.82, 2.24) is 10.2 Å². The van der Waals surface area contributed by atoms with Gasteiger partial charge in [0.2, 0.25) is 5.91 Å². The number of aromatic hydroxyl groups is 1. The first-order chi connectivity index (χ1) is 20.5. The number of para-hydroxylation sites is 1. The van der Waals surface area contributed by atoms with Gasteiger partial charge in [-0.25, -0.2) is 4.79 Å². The van der Waals surface area contributed by atoms with Crippen molar-refractivity contribution in [3.05, 3.63) is 101 Å². The van der Waals surface area contributed by atoms with E-state index >= 15 is 0 Å². The number of carbonyl (C=O) groups excluding carboxylic acids is 3. The van der Waals surface area contributed by atoms with E-state index in [-0.39, 0.29) is 12.2 Å². The smallest absolute Gasteiger partial charge is 0.408 e. The standard InChI is InChI=1S/C36H45N3O5/c1-10-25-15-12-16-27(21-25)31(32(41)38-30-23(2)13-11-14-24(30)3)39(35(4,5)6)33(42)29(37-34(43)44-36(7,8)9)22-26-17-19-28(40)20-18-26/h10-21,29,31,40H,1,22H2,2-9H3,(H,37,43)(H,38,41). The molecule has 3 amide bonds. The van der Waals surface area contributed by atoms with Crippen LogP contribution in [0.1, 0.15) is 75.4 Å². The molecule has 3 rings (SSSR count). The number of nitrogens with zero attached hydrogens (tertiary/aromatic N) is 1. The van der Waals surface area contributed by atoms with Gasteiger partial charge < -0.3 is 25.4 Å². The second kappa shape index (κ2) is 13.8. The quantitative estimate of drug-likeness (QED) is 0.243. The molecule has 0 bridgehead atoms. The summed E-state index contributed by atoms with van der Waals surface area (Å²) in [6.07, 6.45) is 1.03. The third kappa shape index (κ3) is 8.96. The van der Waals surface area contributed by atoms with Crippen LogP contribution in [-0.2, 0) is 20.7 Å². The van der Waals surface area contributed by atoms with Crippen molar-refractivity contribution in [1.29, 1.82) is 0 Å². The van der Waals surface area contributed by atoms with Crippen molar-refractivity contribution in [2.45, 2.75) is 85.0 Å². The Labute approximate surface area is 261 Å². The Bertz CT molecular complexity index is 1480. The van der Waals surface area contributed by atoms with E-state index in [1.54, 1.807) is 39.0 Å². The van der Waals surface area contributed by atoms with E-state index in [1.807, 2.05) is 77.1 Å². The highest BCUT2D eigenvalue weighted by atomic mass is 16.6. The maximum atomic E-state index is 14.7. The molecule has 0 heterocycles. The number of anilines is 1. The van der Waals surface area contributed by atoms with Crippen LogP contribution in [0.25, 0.3) is 6.08 Å². The number of ether oxygens (including phenoxy) is 1. The van der Waals surface area contributed by atoms with Gasteiger partial charge in [-0.05, 0) is 101 Å². The van der Waals surface area contributed by atoms with Crippen LogP contribution >= 0.6 is 0 Å². The minimum Gasteiger partial charge on any atom is -0.508 e. The lowest BCUT2D eigenvalue weighted by molar-refractivity contribution is -0.146. The summed E-state index contributed by atoms with van der Waals surface area (Å²) in [4.78, 5) is 43.7. The zero-order valence-electron chi connectivity index (χ0n) is 27.0. The van der Waals surface area contributed by atoms with E-state index in [4.69, 9.17) is 4.74 Å². The van der Waals surface area contributed by atoms with Crippen LogP contribution in [0.15, 0.2) is 73.3 Å².